The van der Waals surface area contributed by atoms with E-state index in [4.69, 9.17) is 4.52 Å². The van der Waals surface area contributed by atoms with E-state index in [2.05, 4.69) is 39.3 Å². The molecule has 0 bridgehead atoms. The van der Waals surface area contributed by atoms with Crippen LogP contribution >= 0.6 is 0 Å². The monoisotopic (exact) mass is 376 g/mol. The maximum absolute atomic E-state index is 12.7. The van der Waals surface area contributed by atoms with Crippen molar-refractivity contribution in [2.24, 2.45) is 0 Å². The molecule has 0 atom stereocenters. The van der Waals surface area contributed by atoms with Crippen molar-refractivity contribution >= 4 is 5.91 Å². The van der Waals surface area contributed by atoms with E-state index in [-0.39, 0.29) is 5.91 Å². The van der Waals surface area contributed by atoms with Gasteiger partial charge in [-0.1, -0.05) is 29.4 Å². The molecule has 0 fully saturated rings. The molecule has 0 spiro atoms. The van der Waals surface area contributed by atoms with E-state index in [0.717, 1.165) is 36.4 Å². The van der Waals surface area contributed by atoms with Crippen LogP contribution in [0.5, 0.6) is 0 Å². The summed E-state index contributed by atoms with van der Waals surface area (Å²) >= 11 is 0. The molecule has 28 heavy (non-hydrogen) atoms. The van der Waals surface area contributed by atoms with Crippen LogP contribution in [0.1, 0.15) is 38.5 Å². The summed E-state index contributed by atoms with van der Waals surface area (Å²) in [5.74, 6) is 0.575. The molecule has 1 aliphatic heterocycles. The summed E-state index contributed by atoms with van der Waals surface area (Å²) in [6, 6.07) is 12.2. The Morgan fingerprint density at radius 2 is 2.07 bits per heavy atom. The van der Waals surface area contributed by atoms with Crippen LogP contribution < -0.4 is 0 Å². The Morgan fingerprint density at radius 3 is 2.89 bits per heavy atom. The molecule has 1 aromatic carbocycles. The van der Waals surface area contributed by atoms with E-state index < -0.39 is 0 Å². The van der Waals surface area contributed by atoms with E-state index in [1.165, 1.54) is 11.1 Å². The lowest BCUT2D eigenvalue weighted by Gasteiger charge is -2.27. The minimum absolute atomic E-state index is 0.143. The van der Waals surface area contributed by atoms with Gasteiger partial charge in [-0.15, -0.1) is 0 Å². The van der Waals surface area contributed by atoms with Crippen LogP contribution in [0.15, 0.2) is 53.3 Å². The second kappa shape index (κ2) is 7.94. The van der Waals surface area contributed by atoms with Crippen LogP contribution in [-0.2, 0) is 26.1 Å². The van der Waals surface area contributed by atoms with Crippen LogP contribution in [-0.4, -0.2) is 39.4 Å². The lowest BCUT2D eigenvalue weighted by molar-refractivity contribution is 0.0774. The van der Waals surface area contributed by atoms with E-state index >= 15 is 0 Å². The SMILES string of the molecule is Cc1cnccc1CN(C)C(=O)c1cc(CN2CCc3ccccc3C2)on1. The number of hydrogen-bond acceptors (Lipinski definition) is 5. The van der Waals surface area contributed by atoms with Gasteiger partial charge in [0.25, 0.3) is 5.91 Å². The Balaban J connectivity index is 1.39. The van der Waals surface area contributed by atoms with Gasteiger partial charge in [-0.2, -0.15) is 0 Å². The molecule has 0 aliphatic carbocycles. The number of fused-ring (bicyclic) bond motifs is 1. The Hall–Kier alpha value is -2.99. The summed E-state index contributed by atoms with van der Waals surface area (Å²) in [5.41, 5.74) is 5.26. The van der Waals surface area contributed by atoms with Gasteiger partial charge in [0.15, 0.2) is 11.5 Å². The molecule has 6 heteroatoms. The van der Waals surface area contributed by atoms with Crippen LogP contribution in [0, 0.1) is 6.92 Å². The van der Waals surface area contributed by atoms with Crippen molar-refractivity contribution in [3.8, 4) is 0 Å². The predicted octanol–water partition coefficient (Wildman–Crippen LogP) is 3.21. The Morgan fingerprint density at radius 1 is 1.25 bits per heavy atom. The second-order valence-electron chi connectivity index (χ2n) is 7.37. The zero-order chi connectivity index (χ0) is 19.5. The third-order valence-electron chi connectivity index (χ3n) is 5.26. The number of nitrogens with zero attached hydrogens (tertiary/aromatic N) is 4. The fraction of sp³-hybridized carbons (Fsp3) is 0.318. The maximum atomic E-state index is 12.7. The number of amides is 1. The van der Waals surface area contributed by atoms with Crippen LogP contribution in [0.2, 0.25) is 0 Å². The molecule has 3 aromatic rings. The molecule has 1 aliphatic rings. The molecule has 0 saturated heterocycles. The topological polar surface area (TPSA) is 62.5 Å². The molecular weight excluding hydrogens is 352 g/mol. The lowest BCUT2D eigenvalue weighted by atomic mass is 10.00. The number of hydrogen-bond donors (Lipinski definition) is 0. The second-order valence-corrected chi connectivity index (χ2v) is 7.37. The predicted molar refractivity (Wildman–Crippen MR) is 106 cm³/mol. The first-order chi connectivity index (χ1) is 13.6. The van der Waals surface area contributed by atoms with E-state index in [1.54, 1.807) is 30.4 Å². The Labute approximate surface area is 164 Å². The van der Waals surface area contributed by atoms with Crippen molar-refractivity contribution in [3.05, 3.63) is 82.5 Å². The number of aryl methyl sites for hydroxylation is 1. The van der Waals surface area contributed by atoms with Crippen molar-refractivity contribution in [2.45, 2.75) is 33.0 Å². The highest BCUT2D eigenvalue weighted by atomic mass is 16.5. The standard InChI is InChI=1S/C22H24N4O2/c1-16-12-23-9-7-18(16)13-25(2)22(27)21-11-20(28-24-21)15-26-10-8-17-5-3-4-6-19(17)14-26/h3-7,9,11-12H,8,10,13-15H2,1-2H3. The van der Waals surface area contributed by atoms with Crippen molar-refractivity contribution in [1.82, 2.24) is 19.9 Å². The third kappa shape index (κ3) is 3.97. The van der Waals surface area contributed by atoms with Crippen molar-refractivity contribution in [2.75, 3.05) is 13.6 Å². The molecule has 0 saturated carbocycles. The van der Waals surface area contributed by atoms with Gasteiger partial charge >= 0.3 is 0 Å². The molecule has 3 heterocycles. The summed E-state index contributed by atoms with van der Waals surface area (Å²) in [5, 5.41) is 4.01. The van der Waals surface area contributed by atoms with Gasteiger partial charge in [-0.3, -0.25) is 14.7 Å². The molecule has 0 N–H and O–H groups in total. The molecule has 1 amide bonds. The Kier molecular flexibility index (Phi) is 5.21. The minimum Gasteiger partial charge on any atom is -0.359 e. The zero-order valence-corrected chi connectivity index (χ0v) is 16.3. The van der Waals surface area contributed by atoms with E-state index in [0.29, 0.717) is 18.8 Å². The summed E-state index contributed by atoms with van der Waals surface area (Å²) < 4.78 is 5.45. The van der Waals surface area contributed by atoms with Gasteiger partial charge in [0.2, 0.25) is 0 Å². The first-order valence-corrected chi connectivity index (χ1v) is 9.50. The van der Waals surface area contributed by atoms with Crippen LogP contribution in [0.4, 0.5) is 0 Å². The number of pyridine rings is 1. The third-order valence-corrected chi connectivity index (χ3v) is 5.26. The van der Waals surface area contributed by atoms with E-state index in [9.17, 15) is 4.79 Å². The van der Waals surface area contributed by atoms with Crippen molar-refractivity contribution in [1.29, 1.82) is 0 Å². The first-order valence-electron chi connectivity index (χ1n) is 9.50. The molecular formula is C22H24N4O2. The first kappa shape index (κ1) is 18.4. The zero-order valence-electron chi connectivity index (χ0n) is 16.3. The molecule has 6 nitrogen and oxygen atoms in total. The summed E-state index contributed by atoms with van der Waals surface area (Å²) in [7, 11) is 1.78. The minimum atomic E-state index is -0.143. The number of benzene rings is 1. The smallest absolute Gasteiger partial charge is 0.276 e. The average Bonchev–Trinajstić information content (AvgIpc) is 3.17. The highest BCUT2D eigenvalue weighted by Crippen LogP contribution is 2.21. The molecule has 2 aromatic heterocycles. The maximum Gasteiger partial charge on any atom is 0.276 e. The van der Waals surface area contributed by atoms with Gasteiger partial charge < -0.3 is 9.42 Å². The molecule has 0 radical (unpaired) electrons. The van der Waals surface area contributed by atoms with E-state index in [1.807, 2.05) is 13.0 Å². The van der Waals surface area contributed by atoms with Gasteiger partial charge in [-0.05, 0) is 41.7 Å². The fourth-order valence-corrected chi connectivity index (χ4v) is 3.60. The van der Waals surface area contributed by atoms with Crippen molar-refractivity contribution < 1.29 is 9.32 Å². The fourth-order valence-electron chi connectivity index (χ4n) is 3.60. The number of carbonyl (C=O) groups is 1. The molecule has 0 unspecified atom stereocenters. The van der Waals surface area contributed by atoms with Crippen LogP contribution in [0.3, 0.4) is 0 Å². The molecule has 144 valence electrons. The highest BCUT2D eigenvalue weighted by molar-refractivity contribution is 5.92. The summed E-state index contributed by atoms with van der Waals surface area (Å²) in [6.45, 7) is 5.02. The van der Waals surface area contributed by atoms with Gasteiger partial charge in [0.05, 0.1) is 6.54 Å². The molecule has 4 rings (SSSR count). The largest absolute Gasteiger partial charge is 0.359 e. The van der Waals surface area contributed by atoms with Crippen molar-refractivity contribution in [3.63, 3.8) is 0 Å². The number of carbonyl (C=O) groups excluding carboxylic acids is 1. The summed E-state index contributed by atoms with van der Waals surface area (Å²) in [6.07, 6.45) is 4.58. The normalized spacial score (nSPS) is 13.9. The number of rotatable bonds is 5. The van der Waals surface area contributed by atoms with Gasteiger partial charge in [-0.25, -0.2) is 0 Å². The van der Waals surface area contributed by atoms with Gasteiger partial charge in [0, 0.05) is 45.1 Å². The quantitative estimate of drug-likeness (QED) is 0.684. The Bertz CT molecular complexity index is 982. The number of aromatic nitrogens is 2. The highest BCUT2D eigenvalue weighted by Gasteiger charge is 2.21. The van der Waals surface area contributed by atoms with Gasteiger partial charge in [0.1, 0.15) is 0 Å². The lowest BCUT2D eigenvalue weighted by Crippen LogP contribution is -2.29. The van der Waals surface area contributed by atoms with Crippen LogP contribution in [0.25, 0.3) is 0 Å². The average molecular weight is 376 g/mol. The summed E-state index contributed by atoms with van der Waals surface area (Å²) in [4.78, 5) is 20.8.